The number of rotatable bonds is 6. The summed E-state index contributed by atoms with van der Waals surface area (Å²) in [6, 6.07) is 7.48. The minimum atomic E-state index is -3.20. The van der Waals surface area contributed by atoms with Gasteiger partial charge < -0.3 is 5.32 Å². The lowest BCUT2D eigenvalue weighted by Crippen LogP contribution is -2.26. The molecule has 1 aliphatic carbocycles. The first kappa shape index (κ1) is 15.6. The first-order chi connectivity index (χ1) is 9.58. The molecule has 0 amide bonds. The molecule has 5 heteroatoms. The van der Waals surface area contributed by atoms with Crippen molar-refractivity contribution in [2.75, 3.05) is 16.9 Å². The number of hydrogen-bond donors (Lipinski definition) is 1. The maximum absolute atomic E-state index is 12.3. The van der Waals surface area contributed by atoms with Crippen molar-refractivity contribution < 1.29 is 8.42 Å². The molecule has 0 aliphatic heterocycles. The predicted molar refractivity (Wildman–Crippen MR) is 84.3 cm³/mol. The van der Waals surface area contributed by atoms with Gasteiger partial charge in [0.05, 0.1) is 16.3 Å². The Balaban J connectivity index is 2.24. The minimum absolute atomic E-state index is 0.190. The number of nitrogens with one attached hydrogen (secondary N) is 1. The second kappa shape index (κ2) is 6.81. The van der Waals surface area contributed by atoms with Crippen LogP contribution in [0.3, 0.4) is 0 Å². The Hall–Kier alpha value is -0.740. The number of alkyl halides is 1. The fraction of sp³-hybridized carbons (Fsp3) is 0.600. The summed E-state index contributed by atoms with van der Waals surface area (Å²) in [5, 5.41) is 3.41. The van der Waals surface area contributed by atoms with Crippen LogP contribution in [0.4, 0.5) is 5.69 Å². The average Bonchev–Trinajstić information content (AvgIpc) is 2.86. The molecule has 1 N–H and O–H groups in total. The van der Waals surface area contributed by atoms with Crippen LogP contribution in [-0.4, -0.2) is 26.1 Å². The van der Waals surface area contributed by atoms with E-state index in [4.69, 9.17) is 11.6 Å². The first-order valence-electron chi connectivity index (χ1n) is 7.22. The van der Waals surface area contributed by atoms with Gasteiger partial charge in [-0.2, -0.15) is 0 Å². The topological polar surface area (TPSA) is 46.2 Å². The molecule has 0 bridgehead atoms. The summed E-state index contributed by atoms with van der Waals surface area (Å²) in [6.07, 6.45) is 3.95. The zero-order valence-corrected chi connectivity index (χ0v) is 13.4. The van der Waals surface area contributed by atoms with Gasteiger partial charge in [0.1, 0.15) is 0 Å². The fourth-order valence-electron chi connectivity index (χ4n) is 2.85. The number of anilines is 1. The maximum atomic E-state index is 12.3. The summed E-state index contributed by atoms with van der Waals surface area (Å²) in [5.74, 6) is 1.25. The second-order valence-corrected chi connectivity index (χ2v) is 7.80. The molecule has 1 aromatic rings. The zero-order valence-electron chi connectivity index (χ0n) is 11.8. The number of benzene rings is 1. The Bertz CT molecular complexity index is 545. The maximum Gasteiger partial charge on any atom is 0.180 e. The molecule has 2 unspecified atom stereocenters. The smallest absolute Gasteiger partial charge is 0.180 e. The molecule has 1 fully saturated rings. The van der Waals surface area contributed by atoms with Crippen LogP contribution < -0.4 is 5.32 Å². The van der Waals surface area contributed by atoms with Gasteiger partial charge in [-0.1, -0.05) is 25.5 Å². The number of para-hydroxylation sites is 1. The summed E-state index contributed by atoms with van der Waals surface area (Å²) in [4.78, 5) is 0.419. The molecule has 0 spiro atoms. The molecule has 0 saturated heterocycles. The molecule has 0 aromatic heterocycles. The summed E-state index contributed by atoms with van der Waals surface area (Å²) in [5.41, 5.74) is 0.725. The van der Waals surface area contributed by atoms with Crippen molar-refractivity contribution in [2.24, 2.45) is 5.92 Å². The van der Waals surface area contributed by atoms with Gasteiger partial charge in [0.15, 0.2) is 9.84 Å². The van der Waals surface area contributed by atoms with Gasteiger partial charge >= 0.3 is 0 Å². The van der Waals surface area contributed by atoms with Crippen molar-refractivity contribution in [2.45, 2.75) is 43.5 Å². The van der Waals surface area contributed by atoms with Crippen molar-refractivity contribution in [1.82, 2.24) is 0 Å². The highest BCUT2D eigenvalue weighted by Crippen LogP contribution is 2.31. The lowest BCUT2D eigenvalue weighted by Gasteiger charge is -2.22. The van der Waals surface area contributed by atoms with Crippen LogP contribution in [0.2, 0.25) is 0 Å². The zero-order chi connectivity index (χ0) is 14.6. The molecule has 1 saturated carbocycles. The molecular weight excluding hydrogens is 294 g/mol. The van der Waals surface area contributed by atoms with Crippen LogP contribution in [0.25, 0.3) is 0 Å². The molecule has 0 radical (unpaired) electrons. The van der Waals surface area contributed by atoms with Crippen LogP contribution in [0.1, 0.15) is 32.6 Å². The van der Waals surface area contributed by atoms with Crippen molar-refractivity contribution in [3.63, 3.8) is 0 Å². The molecule has 3 nitrogen and oxygen atoms in total. The Kier molecular flexibility index (Phi) is 5.33. The lowest BCUT2D eigenvalue weighted by molar-refractivity contribution is 0.560. The third-order valence-corrected chi connectivity index (χ3v) is 6.26. The third-order valence-electron chi connectivity index (χ3n) is 3.89. The van der Waals surface area contributed by atoms with Crippen LogP contribution in [-0.2, 0) is 9.84 Å². The van der Waals surface area contributed by atoms with Crippen molar-refractivity contribution in [1.29, 1.82) is 0 Å². The minimum Gasteiger partial charge on any atom is -0.381 e. The molecule has 2 atom stereocenters. The van der Waals surface area contributed by atoms with Crippen LogP contribution in [0.15, 0.2) is 29.2 Å². The number of halogens is 1. The Morgan fingerprint density at radius 1 is 1.30 bits per heavy atom. The highest BCUT2D eigenvalue weighted by atomic mass is 35.5. The van der Waals surface area contributed by atoms with Gasteiger partial charge in [0.25, 0.3) is 0 Å². The van der Waals surface area contributed by atoms with Gasteiger partial charge in [0.2, 0.25) is 0 Å². The van der Waals surface area contributed by atoms with Crippen LogP contribution >= 0.6 is 11.6 Å². The van der Waals surface area contributed by atoms with Crippen molar-refractivity contribution in [3.8, 4) is 0 Å². The van der Waals surface area contributed by atoms with E-state index in [9.17, 15) is 8.42 Å². The Morgan fingerprint density at radius 2 is 2.05 bits per heavy atom. The standard InChI is InChI=1S/C15H22ClNO2S/c1-2-10-20(18,19)15-9-4-3-7-14(15)17-13-8-5-6-12(13)11-16/h3-4,7,9,12-13,17H,2,5-6,8,10-11H2,1H3. The fourth-order valence-corrected chi connectivity index (χ4v) is 4.72. The molecule has 20 heavy (non-hydrogen) atoms. The number of sulfone groups is 1. The average molecular weight is 316 g/mol. The van der Waals surface area contributed by atoms with E-state index in [-0.39, 0.29) is 11.8 Å². The van der Waals surface area contributed by atoms with E-state index in [2.05, 4.69) is 5.32 Å². The van der Waals surface area contributed by atoms with Gasteiger partial charge in [0, 0.05) is 11.9 Å². The molecule has 2 rings (SSSR count). The molecule has 0 heterocycles. The van der Waals surface area contributed by atoms with E-state index >= 15 is 0 Å². The summed E-state index contributed by atoms with van der Waals surface area (Å²) in [7, 11) is -3.20. The largest absolute Gasteiger partial charge is 0.381 e. The van der Waals surface area contributed by atoms with Gasteiger partial charge in [-0.15, -0.1) is 11.6 Å². The van der Waals surface area contributed by atoms with E-state index in [1.807, 2.05) is 19.1 Å². The van der Waals surface area contributed by atoms with E-state index < -0.39 is 9.84 Å². The summed E-state index contributed by atoms with van der Waals surface area (Å²) >= 11 is 5.99. The molecular formula is C15H22ClNO2S. The Morgan fingerprint density at radius 3 is 2.75 bits per heavy atom. The van der Waals surface area contributed by atoms with Crippen LogP contribution in [0, 0.1) is 5.92 Å². The normalized spacial score (nSPS) is 22.9. The predicted octanol–water partition coefficient (Wildman–Crippen LogP) is 3.69. The molecule has 1 aromatic carbocycles. The first-order valence-corrected chi connectivity index (χ1v) is 9.41. The highest BCUT2D eigenvalue weighted by Gasteiger charge is 2.28. The van der Waals surface area contributed by atoms with Gasteiger partial charge in [-0.3, -0.25) is 0 Å². The van der Waals surface area contributed by atoms with Gasteiger partial charge in [-0.05, 0) is 37.3 Å². The Labute approximate surface area is 126 Å². The summed E-state index contributed by atoms with van der Waals surface area (Å²) in [6.45, 7) is 1.88. The monoisotopic (exact) mass is 315 g/mol. The molecule has 112 valence electrons. The van der Waals surface area contributed by atoms with Crippen LogP contribution in [0.5, 0.6) is 0 Å². The van der Waals surface area contributed by atoms with E-state index in [1.54, 1.807) is 12.1 Å². The quantitative estimate of drug-likeness (QED) is 0.814. The van der Waals surface area contributed by atoms with Crippen molar-refractivity contribution in [3.05, 3.63) is 24.3 Å². The van der Waals surface area contributed by atoms with E-state index in [0.29, 0.717) is 23.1 Å². The highest BCUT2D eigenvalue weighted by molar-refractivity contribution is 7.91. The second-order valence-electron chi connectivity index (χ2n) is 5.41. The summed E-state index contributed by atoms with van der Waals surface area (Å²) < 4.78 is 24.6. The lowest BCUT2D eigenvalue weighted by atomic mass is 10.1. The van der Waals surface area contributed by atoms with E-state index in [1.165, 1.54) is 0 Å². The molecule has 1 aliphatic rings. The van der Waals surface area contributed by atoms with Gasteiger partial charge in [-0.25, -0.2) is 8.42 Å². The third kappa shape index (κ3) is 3.47. The number of hydrogen-bond acceptors (Lipinski definition) is 3. The van der Waals surface area contributed by atoms with E-state index in [0.717, 1.165) is 24.9 Å². The van der Waals surface area contributed by atoms with Crippen molar-refractivity contribution >= 4 is 27.1 Å². The SMILES string of the molecule is CCCS(=O)(=O)c1ccccc1NC1CCCC1CCl.